The Labute approximate surface area is 140 Å². The molecule has 1 atom stereocenters. The third-order valence-corrected chi connectivity index (χ3v) is 5.03. The molecule has 3 rings (SSSR count). The van der Waals surface area contributed by atoms with E-state index in [1.165, 1.54) is 12.8 Å². The van der Waals surface area contributed by atoms with Crippen molar-refractivity contribution < 1.29 is 14.2 Å². The minimum absolute atomic E-state index is 0.0356. The number of hydrogen-bond donors (Lipinski definition) is 0. The number of pyridine rings is 1. The number of rotatable bonds is 6. The molecule has 1 aromatic heterocycles. The highest BCUT2D eigenvalue weighted by atomic mass is 79.9. The van der Waals surface area contributed by atoms with Crippen molar-refractivity contribution in [2.24, 2.45) is 0 Å². The first-order valence-corrected chi connectivity index (χ1v) is 8.58. The first-order valence-electron chi connectivity index (χ1n) is 7.79. The lowest BCUT2D eigenvalue weighted by Gasteiger charge is -2.32. The highest BCUT2D eigenvalue weighted by molar-refractivity contribution is 9.10. The summed E-state index contributed by atoms with van der Waals surface area (Å²) in [5.74, 6) is 0.785. The maximum atomic E-state index is 5.83. The van der Waals surface area contributed by atoms with E-state index < -0.39 is 0 Å². The number of halogens is 1. The number of aromatic nitrogens is 1. The summed E-state index contributed by atoms with van der Waals surface area (Å²) >= 11 is 3.53. The monoisotopic (exact) mass is 370 g/mol. The Kier molecular flexibility index (Phi) is 5.02. The summed E-state index contributed by atoms with van der Waals surface area (Å²) in [6.07, 6.45) is 4.14. The second-order valence-electron chi connectivity index (χ2n) is 6.07. The molecule has 0 aromatic carbocycles. The van der Waals surface area contributed by atoms with Crippen LogP contribution in [0.3, 0.4) is 0 Å². The predicted molar refractivity (Wildman–Crippen MR) is 87.2 cm³/mol. The smallest absolute Gasteiger partial charge is 0.138 e. The number of hydrogen-bond acceptors (Lipinski definition) is 5. The van der Waals surface area contributed by atoms with Crippen LogP contribution in [-0.2, 0) is 9.47 Å². The van der Waals surface area contributed by atoms with Gasteiger partial charge >= 0.3 is 0 Å². The van der Waals surface area contributed by atoms with Crippen molar-refractivity contribution in [1.29, 1.82) is 0 Å². The van der Waals surface area contributed by atoms with Gasteiger partial charge in [-0.25, -0.2) is 0 Å². The van der Waals surface area contributed by atoms with Crippen LogP contribution < -0.4 is 4.74 Å². The average Bonchev–Trinajstić information content (AvgIpc) is 3.25. The fraction of sp³-hybridized carbons (Fsp3) is 0.688. The van der Waals surface area contributed by atoms with Crippen molar-refractivity contribution in [3.05, 3.63) is 22.4 Å². The van der Waals surface area contributed by atoms with Gasteiger partial charge in [-0.2, -0.15) is 0 Å². The molecular formula is C16H23BrN2O3. The largest absolute Gasteiger partial charge is 0.491 e. The second-order valence-corrected chi connectivity index (χ2v) is 6.93. The molecule has 0 unspecified atom stereocenters. The van der Waals surface area contributed by atoms with E-state index >= 15 is 0 Å². The quantitative estimate of drug-likeness (QED) is 0.770. The van der Waals surface area contributed by atoms with Crippen LogP contribution in [-0.4, -0.2) is 55.4 Å². The third-order valence-electron chi connectivity index (χ3n) is 4.39. The Balaban J connectivity index is 1.48. The van der Waals surface area contributed by atoms with Gasteiger partial charge in [0.2, 0.25) is 0 Å². The lowest BCUT2D eigenvalue weighted by molar-refractivity contribution is -0.0483. The predicted octanol–water partition coefficient (Wildman–Crippen LogP) is 2.80. The zero-order chi connectivity index (χ0) is 15.6. The Morgan fingerprint density at radius 2 is 2.32 bits per heavy atom. The summed E-state index contributed by atoms with van der Waals surface area (Å²) < 4.78 is 17.9. The molecule has 122 valence electrons. The summed E-state index contributed by atoms with van der Waals surface area (Å²) in [4.78, 5) is 6.85. The van der Waals surface area contributed by atoms with Crippen LogP contribution in [0.25, 0.3) is 0 Å². The van der Waals surface area contributed by atoms with Gasteiger partial charge in [0.25, 0.3) is 0 Å². The first kappa shape index (κ1) is 16.2. The van der Waals surface area contributed by atoms with Crippen LogP contribution >= 0.6 is 15.9 Å². The van der Waals surface area contributed by atoms with E-state index in [1.54, 1.807) is 13.3 Å². The Morgan fingerprint density at radius 1 is 1.50 bits per heavy atom. The molecule has 1 aromatic rings. The van der Waals surface area contributed by atoms with Gasteiger partial charge in [0.15, 0.2) is 0 Å². The molecule has 1 aliphatic heterocycles. The van der Waals surface area contributed by atoms with Crippen molar-refractivity contribution in [1.82, 2.24) is 9.88 Å². The Morgan fingerprint density at radius 3 is 3.00 bits per heavy atom. The zero-order valence-corrected chi connectivity index (χ0v) is 14.8. The minimum atomic E-state index is -0.0356. The number of morpholine rings is 1. The first-order chi connectivity index (χ1) is 10.6. The van der Waals surface area contributed by atoms with Crippen molar-refractivity contribution in [3.8, 4) is 5.75 Å². The Hall–Kier alpha value is -0.690. The Bertz CT molecular complexity index is 522. The molecule has 1 aliphatic carbocycles. The fourth-order valence-corrected chi connectivity index (χ4v) is 3.42. The van der Waals surface area contributed by atoms with E-state index in [1.807, 2.05) is 13.0 Å². The van der Waals surface area contributed by atoms with Gasteiger partial charge in [-0.05, 0) is 41.8 Å². The van der Waals surface area contributed by atoms with E-state index in [4.69, 9.17) is 14.2 Å². The molecule has 5 nitrogen and oxygen atoms in total. The van der Waals surface area contributed by atoms with Crippen molar-refractivity contribution in [2.75, 3.05) is 40.0 Å². The number of methoxy groups -OCH3 is 1. The summed E-state index contributed by atoms with van der Waals surface area (Å²) in [6.45, 7) is 6.46. The average molecular weight is 371 g/mol. The molecule has 1 spiro atoms. The summed E-state index contributed by atoms with van der Waals surface area (Å²) in [7, 11) is 1.68. The van der Waals surface area contributed by atoms with E-state index in [-0.39, 0.29) is 11.7 Å². The van der Waals surface area contributed by atoms with Gasteiger partial charge in [0.1, 0.15) is 12.4 Å². The molecule has 6 heteroatoms. The molecule has 0 radical (unpaired) electrons. The van der Waals surface area contributed by atoms with Crippen molar-refractivity contribution in [2.45, 2.75) is 31.5 Å². The van der Waals surface area contributed by atoms with E-state index in [2.05, 4.69) is 25.8 Å². The molecule has 0 bridgehead atoms. The molecule has 2 aliphatic rings. The van der Waals surface area contributed by atoms with Crippen LogP contribution in [0.15, 0.2) is 16.7 Å². The molecule has 2 fully saturated rings. The third kappa shape index (κ3) is 3.79. The van der Waals surface area contributed by atoms with Gasteiger partial charge in [-0.3, -0.25) is 9.88 Å². The van der Waals surface area contributed by atoms with Gasteiger partial charge in [0.05, 0.1) is 30.2 Å². The normalized spacial score (nSPS) is 21.8. The minimum Gasteiger partial charge on any atom is -0.491 e. The van der Waals surface area contributed by atoms with Crippen LogP contribution in [0.4, 0.5) is 0 Å². The summed E-state index contributed by atoms with van der Waals surface area (Å²) in [5, 5.41) is 0. The molecule has 1 saturated carbocycles. The van der Waals surface area contributed by atoms with Gasteiger partial charge in [-0.15, -0.1) is 0 Å². The van der Waals surface area contributed by atoms with Crippen molar-refractivity contribution in [3.63, 3.8) is 0 Å². The van der Waals surface area contributed by atoms with Crippen molar-refractivity contribution >= 4 is 15.9 Å². The zero-order valence-electron chi connectivity index (χ0n) is 13.2. The van der Waals surface area contributed by atoms with Crippen LogP contribution in [0.5, 0.6) is 5.75 Å². The van der Waals surface area contributed by atoms with Gasteiger partial charge < -0.3 is 14.2 Å². The van der Waals surface area contributed by atoms with Crippen LogP contribution in [0, 0.1) is 0 Å². The van der Waals surface area contributed by atoms with E-state index in [0.717, 1.165) is 42.2 Å². The summed E-state index contributed by atoms with van der Waals surface area (Å²) in [5.41, 5.74) is 1.07. The molecule has 22 heavy (non-hydrogen) atoms. The second kappa shape index (κ2) is 6.83. The highest BCUT2D eigenvalue weighted by Crippen LogP contribution is 2.41. The highest BCUT2D eigenvalue weighted by Gasteiger charge is 2.47. The summed E-state index contributed by atoms with van der Waals surface area (Å²) in [6, 6.07) is 1.96. The van der Waals surface area contributed by atoms with Crippen LogP contribution in [0.2, 0.25) is 0 Å². The maximum absolute atomic E-state index is 5.83. The van der Waals surface area contributed by atoms with Crippen LogP contribution in [0.1, 0.15) is 31.6 Å². The lowest BCUT2D eigenvalue weighted by Crippen LogP contribution is -2.45. The van der Waals surface area contributed by atoms with Gasteiger partial charge in [0, 0.05) is 31.2 Å². The lowest BCUT2D eigenvalue weighted by atomic mass is 10.2. The topological polar surface area (TPSA) is 43.8 Å². The van der Waals surface area contributed by atoms with Gasteiger partial charge in [-0.1, -0.05) is 0 Å². The number of ether oxygens (including phenoxy) is 3. The molecule has 2 heterocycles. The maximum Gasteiger partial charge on any atom is 0.138 e. The number of nitrogens with zero attached hydrogens (tertiary/aromatic N) is 2. The standard InChI is InChI=1S/C16H23BrN2O3/c1-12(20-2)15-14(17)9-13(10-18-15)21-7-5-19-6-8-22-16(11-19)3-4-16/h9-10,12H,3-8,11H2,1-2H3/t12-/m1/s1. The SMILES string of the molecule is CO[C@H](C)c1ncc(OCCN2CCOC3(CC3)C2)cc1Br. The molecule has 0 amide bonds. The fourth-order valence-electron chi connectivity index (χ4n) is 2.77. The molecule has 1 saturated heterocycles. The molecule has 0 N–H and O–H groups in total. The van der Waals surface area contributed by atoms with E-state index in [9.17, 15) is 0 Å². The van der Waals surface area contributed by atoms with E-state index in [0.29, 0.717) is 6.61 Å². The molecular weight excluding hydrogens is 348 g/mol.